The summed E-state index contributed by atoms with van der Waals surface area (Å²) in [4.78, 5) is 0. The van der Waals surface area contributed by atoms with Crippen LogP contribution >= 0.6 is 0 Å². The lowest BCUT2D eigenvalue weighted by atomic mass is 9.85. The Balaban J connectivity index is 1.37. The van der Waals surface area contributed by atoms with E-state index >= 15 is 0 Å². The minimum absolute atomic E-state index is 0.143. The lowest BCUT2D eigenvalue weighted by Gasteiger charge is -2.18. The average molecular weight is 642 g/mol. The Morgan fingerprint density at radius 2 is 0.837 bits per heavy atom. The molecule has 10 rings (SSSR count). The SMILES string of the molecule is [2H]c1c([2H])c([2H])c(-c2c3c([2H])c([2H])c([2H])c([2H])c3c(-c3c([2H])c([2H])c4c([2H])c(-c5cccc6c5oc5c(-c7ccccc7)cccc56)c([2H])c([2H])c4c3[2H])c3c([2H])c([2H])c([2H])c([2H])c23)c([2H])c1[2H]. The molecular formula is C48H30O. The van der Waals surface area contributed by atoms with Crippen LogP contribution in [0.4, 0.5) is 0 Å². The van der Waals surface area contributed by atoms with Gasteiger partial charge in [-0.15, -0.1) is 0 Å². The molecule has 0 atom stereocenters. The Morgan fingerprint density at radius 1 is 0.347 bits per heavy atom. The van der Waals surface area contributed by atoms with Gasteiger partial charge in [0.05, 0.1) is 26.0 Å². The highest BCUT2D eigenvalue weighted by Gasteiger charge is 2.18. The van der Waals surface area contributed by atoms with E-state index in [9.17, 15) is 13.7 Å². The quantitative estimate of drug-likeness (QED) is 0.174. The molecule has 0 amide bonds. The molecule has 9 aromatic carbocycles. The van der Waals surface area contributed by atoms with Crippen LogP contribution in [0.3, 0.4) is 0 Å². The summed E-state index contributed by atoms with van der Waals surface area (Å²) in [6.07, 6.45) is 0. The molecule has 0 aliphatic heterocycles. The predicted molar refractivity (Wildman–Crippen MR) is 208 cm³/mol. The van der Waals surface area contributed by atoms with Crippen molar-refractivity contribution in [3.63, 3.8) is 0 Å². The van der Waals surface area contributed by atoms with E-state index < -0.39 is 169 Å². The van der Waals surface area contributed by atoms with Gasteiger partial charge in [-0.25, -0.2) is 0 Å². The van der Waals surface area contributed by atoms with E-state index in [1.54, 1.807) is 12.1 Å². The second-order valence-corrected chi connectivity index (χ2v) is 11.3. The zero-order valence-corrected chi connectivity index (χ0v) is 25.3. The van der Waals surface area contributed by atoms with Crippen molar-refractivity contribution < 1.29 is 30.5 Å². The summed E-state index contributed by atoms with van der Waals surface area (Å²) in [5, 5.41) is -1.84. The second kappa shape index (κ2) is 11.1. The monoisotopic (exact) mass is 641 g/mol. The number of furan rings is 1. The number of fused-ring (bicyclic) bond motifs is 6. The topological polar surface area (TPSA) is 13.1 Å². The van der Waals surface area contributed by atoms with E-state index in [-0.39, 0.29) is 16.7 Å². The van der Waals surface area contributed by atoms with Gasteiger partial charge >= 0.3 is 0 Å². The van der Waals surface area contributed by atoms with Crippen molar-refractivity contribution in [3.05, 3.63) is 182 Å². The van der Waals surface area contributed by atoms with Crippen molar-refractivity contribution in [1.82, 2.24) is 0 Å². The number of hydrogen-bond donors (Lipinski definition) is 0. The highest BCUT2D eigenvalue weighted by atomic mass is 16.3. The molecule has 0 bridgehead atoms. The summed E-state index contributed by atoms with van der Waals surface area (Å²) in [6, 6.07) is 4.99. The Hall–Kier alpha value is -6.44. The van der Waals surface area contributed by atoms with E-state index in [0.717, 1.165) is 16.5 Å². The molecule has 0 fully saturated rings. The molecule has 0 N–H and O–H groups in total. The maximum atomic E-state index is 9.77. The zero-order chi connectivity index (χ0) is 48.8. The van der Waals surface area contributed by atoms with Gasteiger partial charge in [-0.2, -0.15) is 0 Å². The number of para-hydroxylation sites is 2. The van der Waals surface area contributed by atoms with Crippen LogP contribution in [0.1, 0.15) is 26.0 Å². The van der Waals surface area contributed by atoms with Crippen LogP contribution in [-0.2, 0) is 0 Å². The molecule has 0 aliphatic rings. The maximum absolute atomic E-state index is 9.77. The van der Waals surface area contributed by atoms with Crippen LogP contribution in [0.2, 0.25) is 0 Å². The van der Waals surface area contributed by atoms with Crippen LogP contribution < -0.4 is 0 Å². The first-order valence-corrected chi connectivity index (χ1v) is 15.3. The van der Waals surface area contributed by atoms with Crippen molar-refractivity contribution in [1.29, 1.82) is 0 Å². The Labute approximate surface area is 311 Å². The number of benzene rings is 9. The largest absolute Gasteiger partial charge is 0.455 e. The van der Waals surface area contributed by atoms with Crippen LogP contribution in [-0.4, -0.2) is 0 Å². The standard InChI is InChI=1S/C48H30O/c1-3-13-31(14-4-1)37-21-11-23-43-44-24-12-22-38(48(44)49-47(37)43)35-27-25-34-30-36(28-26-33(34)29-35)46-41-19-9-7-17-39(41)45(32-15-5-2-6-16-32)40-18-8-10-20-42(40)46/h1-30H/i2D,5D,6D,7D,8D,9D,10D,15D,16D,17D,18D,19D,20D,25D,26D,27D,28D,29D,30D. The van der Waals surface area contributed by atoms with Crippen LogP contribution in [0.25, 0.3) is 98.8 Å². The summed E-state index contributed by atoms with van der Waals surface area (Å²) in [6.45, 7) is 0. The number of hydrogen-bond acceptors (Lipinski definition) is 1. The highest BCUT2D eigenvalue weighted by Crippen LogP contribution is 2.45. The molecule has 0 saturated carbocycles. The smallest absolute Gasteiger partial charge is 0.143 e. The third-order valence-corrected chi connectivity index (χ3v) is 8.63. The van der Waals surface area contributed by atoms with E-state index in [2.05, 4.69) is 0 Å². The van der Waals surface area contributed by atoms with Gasteiger partial charge in [-0.05, 0) is 77.8 Å². The first-order chi connectivity index (χ1) is 32.2. The minimum Gasteiger partial charge on any atom is -0.455 e. The molecule has 0 saturated heterocycles. The second-order valence-electron chi connectivity index (χ2n) is 11.3. The van der Waals surface area contributed by atoms with Crippen molar-refractivity contribution >= 4 is 54.3 Å². The molecule has 1 nitrogen and oxygen atoms in total. The van der Waals surface area contributed by atoms with Gasteiger partial charge in [0.25, 0.3) is 0 Å². The Bertz CT molecular complexity index is 3850. The maximum Gasteiger partial charge on any atom is 0.143 e. The molecule has 10 aromatic rings. The molecule has 0 aliphatic carbocycles. The molecule has 1 heteroatoms. The normalized spacial score (nSPS) is 17.1. The first kappa shape index (κ1) is 14.8. The van der Waals surface area contributed by atoms with E-state index in [1.165, 1.54) is 0 Å². The molecule has 1 heterocycles. The minimum atomic E-state index is -0.871. The van der Waals surface area contributed by atoms with Crippen molar-refractivity contribution in [2.24, 2.45) is 0 Å². The molecule has 49 heavy (non-hydrogen) atoms. The van der Waals surface area contributed by atoms with Crippen LogP contribution in [0.15, 0.2) is 186 Å². The zero-order valence-electron chi connectivity index (χ0n) is 44.3. The average Bonchev–Trinajstić information content (AvgIpc) is 3.73. The lowest BCUT2D eigenvalue weighted by Crippen LogP contribution is -1.90. The summed E-state index contributed by atoms with van der Waals surface area (Å²) >= 11 is 0. The van der Waals surface area contributed by atoms with Gasteiger partial charge in [0, 0.05) is 21.9 Å². The fourth-order valence-electron chi connectivity index (χ4n) is 6.50. The molecule has 0 radical (unpaired) electrons. The van der Waals surface area contributed by atoms with Gasteiger partial charge in [-0.1, -0.05) is 169 Å². The molecule has 0 spiro atoms. The third kappa shape index (κ3) is 4.40. The van der Waals surface area contributed by atoms with Crippen LogP contribution in [0.5, 0.6) is 0 Å². The van der Waals surface area contributed by atoms with Crippen molar-refractivity contribution in [2.45, 2.75) is 0 Å². The summed E-state index contributed by atoms with van der Waals surface area (Å²) in [7, 11) is 0. The third-order valence-electron chi connectivity index (χ3n) is 8.63. The van der Waals surface area contributed by atoms with Crippen LogP contribution in [0, 0.1) is 0 Å². The van der Waals surface area contributed by atoms with Crippen molar-refractivity contribution in [3.8, 4) is 44.5 Å². The summed E-state index contributed by atoms with van der Waals surface area (Å²) < 4.78 is 179. The first-order valence-electron chi connectivity index (χ1n) is 24.8. The highest BCUT2D eigenvalue weighted by molar-refractivity contribution is 6.22. The molecule has 228 valence electrons. The van der Waals surface area contributed by atoms with Gasteiger partial charge in [0.15, 0.2) is 0 Å². The number of rotatable bonds is 4. The fraction of sp³-hybridized carbons (Fsp3) is 0. The molecular weight excluding hydrogens is 593 g/mol. The Kier molecular flexibility index (Phi) is 3.34. The van der Waals surface area contributed by atoms with E-state index in [4.69, 9.17) is 16.8 Å². The van der Waals surface area contributed by atoms with Gasteiger partial charge in [0.1, 0.15) is 11.2 Å². The van der Waals surface area contributed by atoms with Gasteiger partial charge < -0.3 is 4.42 Å². The molecule has 0 unspecified atom stereocenters. The molecule has 1 aromatic heterocycles. The van der Waals surface area contributed by atoms with Crippen molar-refractivity contribution in [2.75, 3.05) is 0 Å². The Morgan fingerprint density at radius 3 is 1.43 bits per heavy atom. The van der Waals surface area contributed by atoms with E-state index in [1.807, 2.05) is 54.6 Å². The lowest BCUT2D eigenvalue weighted by molar-refractivity contribution is 0.671. The predicted octanol–water partition coefficient (Wildman–Crippen LogP) is 13.7. The van der Waals surface area contributed by atoms with Gasteiger partial charge in [0.2, 0.25) is 0 Å². The summed E-state index contributed by atoms with van der Waals surface area (Å²) in [5.41, 5.74) is 0.0770. The summed E-state index contributed by atoms with van der Waals surface area (Å²) in [5.74, 6) is 0. The fourth-order valence-corrected chi connectivity index (χ4v) is 6.50. The van der Waals surface area contributed by atoms with E-state index in [0.29, 0.717) is 11.0 Å². The van der Waals surface area contributed by atoms with Gasteiger partial charge in [-0.3, -0.25) is 0 Å².